The molecule has 0 aliphatic heterocycles. The summed E-state index contributed by atoms with van der Waals surface area (Å²) in [5, 5.41) is 3.14. The second-order valence-corrected chi connectivity index (χ2v) is 7.22. The van der Waals surface area contributed by atoms with Crippen LogP contribution in [0.3, 0.4) is 0 Å². The number of rotatable bonds is 14. The molecule has 2 rings (SSSR count). The fraction of sp³-hybridized carbons (Fsp3) is 0.542. The molecule has 3 N–H and O–H groups in total. The van der Waals surface area contributed by atoms with Crippen molar-refractivity contribution in [1.29, 1.82) is 0 Å². The number of ether oxygens (including phenoxy) is 4. The van der Waals surface area contributed by atoms with E-state index in [0.717, 1.165) is 36.2 Å². The molecule has 7 heteroatoms. The lowest BCUT2D eigenvalue weighted by Gasteiger charge is -2.20. The zero-order valence-electron chi connectivity index (χ0n) is 19.4. The fourth-order valence-electron chi connectivity index (χ4n) is 3.18. The Kier molecular flexibility index (Phi) is 10.6. The number of aromatic nitrogens is 1. The Hall–Kier alpha value is -2.35. The smallest absolute Gasteiger partial charge is 0.186 e. The molecule has 0 spiro atoms. The summed E-state index contributed by atoms with van der Waals surface area (Å²) >= 11 is 0. The van der Waals surface area contributed by atoms with Crippen molar-refractivity contribution in [2.75, 3.05) is 32.2 Å². The van der Waals surface area contributed by atoms with Crippen LogP contribution in [0.1, 0.15) is 59.3 Å². The first-order valence-corrected chi connectivity index (χ1v) is 11.2. The highest BCUT2D eigenvalue weighted by Gasteiger charge is 2.17. The number of hydrogen-bond donors (Lipinski definition) is 2. The molecule has 31 heavy (non-hydrogen) atoms. The van der Waals surface area contributed by atoms with E-state index in [4.69, 9.17) is 24.7 Å². The number of nitrogens with two attached hydrogens (primary N) is 1. The lowest BCUT2D eigenvalue weighted by Crippen LogP contribution is -2.20. The van der Waals surface area contributed by atoms with Crippen LogP contribution in [0.2, 0.25) is 0 Å². The van der Waals surface area contributed by atoms with Gasteiger partial charge in [0.05, 0.1) is 17.5 Å². The largest absolute Gasteiger partial charge is 0.487 e. The summed E-state index contributed by atoms with van der Waals surface area (Å²) in [4.78, 5) is 4.61. The molecule has 1 aromatic carbocycles. The average molecular weight is 432 g/mol. The molecule has 0 amide bonds. The van der Waals surface area contributed by atoms with Gasteiger partial charge in [-0.05, 0) is 51.9 Å². The summed E-state index contributed by atoms with van der Waals surface area (Å²) in [6.45, 7) is 12.4. The third-order valence-corrected chi connectivity index (χ3v) is 4.67. The summed E-state index contributed by atoms with van der Waals surface area (Å²) in [6.07, 6.45) is 3.39. The summed E-state index contributed by atoms with van der Waals surface area (Å²) in [7, 11) is 0. The van der Waals surface area contributed by atoms with Gasteiger partial charge in [0.25, 0.3) is 0 Å². The van der Waals surface area contributed by atoms with Crippen LogP contribution in [-0.2, 0) is 9.47 Å². The number of hydrogen-bond acceptors (Lipinski definition) is 7. The monoisotopic (exact) mass is 431 g/mol. The Morgan fingerprint density at radius 2 is 1.81 bits per heavy atom. The molecule has 0 saturated heterocycles. The fourth-order valence-corrected chi connectivity index (χ4v) is 3.18. The van der Waals surface area contributed by atoms with Crippen LogP contribution >= 0.6 is 0 Å². The second-order valence-electron chi connectivity index (χ2n) is 7.22. The van der Waals surface area contributed by atoms with E-state index in [1.165, 1.54) is 0 Å². The van der Waals surface area contributed by atoms with Crippen molar-refractivity contribution in [3.8, 4) is 22.8 Å². The van der Waals surface area contributed by atoms with Crippen LogP contribution < -0.4 is 20.5 Å². The topological polar surface area (TPSA) is 87.9 Å². The number of anilines is 1. The SMILES string of the molecule is CCCC(C)Oc1cc(-c2ccc(C(OCC)OCC)cn2)cc(N)c1OCNCC. The molecule has 0 bridgehead atoms. The van der Waals surface area contributed by atoms with Gasteiger partial charge in [-0.3, -0.25) is 10.3 Å². The molecule has 0 aliphatic rings. The third-order valence-electron chi connectivity index (χ3n) is 4.67. The zero-order chi connectivity index (χ0) is 22.6. The molecule has 1 atom stereocenters. The maximum atomic E-state index is 6.35. The van der Waals surface area contributed by atoms with Gasteiger partial charge in [0, 0.05) is 30.5 Å². The Balaban J connectivity index is 2.33. The van der Waals surface area contributed by atoms with Crippen molar-refractivity contribution in [3.05, 3.63) is 36.0 Å². The molecular formula is C24H37N3O4. The summed E-state index contributed by atoms with van der Waals surface area (Å²) in [5.41, 5.74) is 9.39. The van der Waals surface area contributed by atoms with Gasteiger partial charge in [-0.15, -0.1) is 0 Å². The zero-order valence-corrected chi connectivity index (χ0v) is 19.4. The summed E-state index contributed by atoms with van der Waals surface area (Å²) < 4.78 is 23.4. The predicted molar refractivity (Wildman–Crippen MR) is 124 cm³/mol. The molecule has 7 nitrogen and oxygen atoms in total. The number of nitrogen functional groups attached to an aromatic ring is 1. The van der Waals surface area contributed by atoms with E-state index in [-0.39, 0.29) is 6.10 Å². The molecule has 0 radical (unpaired) electrons. The van der Waals surface area contributed by atoms with Gasteiger partial charge in [0.15, 0.2) is 17.8 Å². The van der Waals surface area contributed by atoms with E-state index in [1.54, 1.807) is 6.20 Å². The lowest BCUT2D eigenvalue weighted by molar-refractivity contribution is -0.140. The van der Waals surface area contributed by atoms with Gasteiger partial charge in [0.2, 0.25) is 0 Å². The summed E-state index contributed by atoms with van der Waals surface area (Å²) in [6, 6.07) is 7.70. The minimum absolute atomic E-state index is 0.0506. The van der Waals surface area contributed by atoms with Gasteiger partial charge < -0.3 is 24.7 Å². The lowest BCUT2D eigenvalue weighted by atomic mass is 10.1. The third kappa shape index (κ3) is 7.38. The molecule has 172 valence electrons. The van der Waals surface area contributed by atoms with Gasteiger partial charge in [-0.1, -0.05) is 26.3 Å². The Morgan fingerprint density at radius 1 is 1.06 bits per heavy atom. The number of pyridine rings is 1. The Morgan fingerprint density at radius 3 is 2.39 bits per heavy atom. The molecule has 1 heterocycles. The minimum atomic E-state index is -0.419. The van der Waals surface area contributed by atoms with Crippen LogP contribution in [0, 0.1) is 0 Å². The van der Waals surface area contributed by atoms with E-state index in [2.05, 4.69) is 24.1 Å². The van der Waals surface area contributed by atoms with Crippen molar-refractivity contribution in [3.63, 3.8) is 0 Å². The molecular weight excluding hydrogens is 394 g/mol. The standard InChI is InChI=1S/C24H37N3O4/c1-6-10-17(5)31-22-14-19(13-20(25)23(22)30-16-26-7-2)21-12-11-18(15-27-21)24(28-8-3)29-9-4/h11-15,17,24,26H,6-10,16,25H2,1-5H3. The molecule has 1 unspecified atom stereocenters. The number of nitrogens with one attached hydrogen (secondary N) is 1. The van der Waals surface area contributed by atoms with Crippen molar-refractivity contribution < 1.29 is 18.9 Å². The van der Waals surface area contributed by atoms with Crippen molar-refractivity contribution in [1.82, 2.24) is 10.3 Å². The normalized spacial score (nSPS) is 12.2. The van der Waals surface area contributed by atoms with Crippen molar-refractivity contribution in [2.45, 2.75) is 59.9 Å². The highest BCUT2D eigenvalue weighted by Crippen LogP contribution is 2.39. The summed E-state index contributed by atoms with van der Waals surface area (Å²) in [5.74, 6) is 1.18. The van der Waals surface area contributed by atoms with Gasteiger partial charge in [-0.25, -0.2) is 0 Å². The predicted octanol–water partition coefficient (Wildman–Crippen LogP) is 4.92. The van der Waals surface area contributed by atoms with Crippen molar-refractivity contribution in [2.24, 2.45) is 0 Å². The van der Waals surface area contributed by atoms with Crippen LogP contribution in [0.15, 0.2) is 30.5 Å². The maximum absolute atomic E-state index is 6.35. The van der Waals surface area contributed by atoms with E-state index in [1.807, 2.05) is 45.0 Å². The van der Waals surface area contributed by atoms with Crippen LogP contribution in [0.5, 0.6) is 11.5 Å². The molecule has 0 fully saturated rings. The molecule has 0 aliphatic carbocycles. The van der Waals surface area contributed by atoms with E-state index < -0.39 is 6.29 Å². The number of nitrogens with zero attached hydrogens (tertiary/aromatic N) is 1. The van der Waals surface area contributed by atoms with Gasteiger partial charge in [-0.2, -0.15) is 0 Å². The molecule has 0 saturated carbocycles. The maximum Gasteiger partial charge on any atom is 0.186 e. The van der Waals surface area contributed by atoms with Crippen molar-refractivity contribution >= 4 is 5.69 Å². The highest BCUT2D eigenvalue weighted by atomic mass is 16.7. The average Bonchev–Trinajstić information content (AvgIpc) is 2.75. The van der Waals surface area contributed by atoms with Crippen LogP contribution in [0.4, 0.5) is 5.69 Å². The quantitative estimate of drug-likeness (QED) is 0.249. The Labute approximate surface area is 186 Å². The first-order chi connectivity index (χ1) is 15.0. The van der Waals surface area contributed by atoms with Crippen LogP contribution in [-0.4, -0.2) is 37.6 Å². The Bertz CT molecular complexity index is 777. The van der Waals surface area contributed by atoms with Gasteiger partial charge in [0.1, 0.15) is 6.73 Å². The first-order valence-electron chi connectivity index (χ1n) is 11.2. The second kappa shape index (κ2) is 13.1. The molecule has 1 aromatic heterocycles. The van der Waals surface area contributed by atoms with Gasteiger partial charge >= 0.3 is 0 Å². The van der Waals surface area contributed by atoms with E-state index in [9.17, 15) is 0 Å². The van der Waals surface area contributed by atoms with E-state index >= 15 is 0 Å². The highest BCUT2D eigenvalue weighted by molar-refractivity contribution is 5.73. The molecule has 2 aromatic rings. The first kappa shape index (κ1) is 24.9. The van der Waals surface area contributed by atoms with Crippen LogP contribution in [0.25, 0.3) is 11.3 Å². The number of benzene rings is 1. The minimum Gasteiger partial charge on any atom is -0.487 e. The van der Waals surface area contributed by atoms with E-state index in [0.29, 0.717) is 37.1 Å².